The normalized spacial score (nSPS) is 21.2. The van der Waals surface area contributed by atoms with Crippen molar-refractivity contribution in [1.29, 1.82) is 0 Å². The first-order valence-corrected chi connectivity index (χ1v) is 9.21. The molecule has 1 aromatic carbocycles. The van der Waals surface area contributed by atoms with Gasteiger partial charge in [0.1, 0.15) is 5.82 Å². The maximum Gasteiger partial charge on any atom is 0.126 e. The van der Waals surface area contributed by atoms with Crippen LogP contribution < -0.4 is 0 Å². The molecular formula is C21H31F. The number of aryl methyl sites for hydroxylation is 1. The van der Waals surface area contributed by atoms with Crippen LogP contribution in [-0.4, -0.2) is 0 Å². The molecule has 2 rings (SSSR count). The van der Waals surface area contributed by atoms with Gasteiger partial charge in [0.05, 0.1) is 0 Å². The van der Waals surface area contributed by atoms with E-state index in [1.54, 1.807) is 6.07 Å². The summed E-state index contributed by atoms with van der Waals surface area (Å²) in [7, 11) is 0. The first-order valence-electron chi connectivity index (χ1n) is 9.21. The maximum atomic E-state index is 14.2. The van der Waals surface area contributed by atoms with E-state index in [0.717, 1.165) is 36.3 Å². The molecule has 22 heavy (non-hydrogen) atoms. The summed E-state index contributed by atoms with van der Waals surface area (Å²) >= 11 is 0. The summed E-state index contributed by atoms with van der Waals surface area (Å²) in [6.45, 7) is 4.40. The number of halogens is 1. The van der Waals surface area contributed by atoms with Crippen LogP contribution in [0.5, 0.6) is 0 Å². The summed E-state index contributed by atoms with van der Waals surface area (Å²) in [6, 6.07) is 5.92. The number of allylic oxidation sites excluding steroid dienone is 2. The molecule has 0 aromatic heterocycles. The van der Waals surface area contributed by atoms with Crippen LogP contribution in [0.15, 0.2) is 30.4 Å². The first-order chi connectivity index (χ1) is 10.7. The molecule has 0 saturated carbocycles. The molecule has 0 spiro atoms. The van der Waals surface area contributed by atoms with Crippen molar-refractivity contribution in [2.45, 2.75) is 77.6 Å². The third-order valence-corrected chi connectivity index (χ3v) is 4.95. The predicted molar refractivity (Wildman–Crippen MR) is 93.8 cm³/mol. The standard InChI is InChI=1S/C21H31F/c1-3-5-7-8-17-10-12-18(13-11-17)20-15-14-19(9-6-4-2)21(22)16-20/h10,12,14-18H,3-9,11,13H2,1-2H3. The molecule has 122 valence electrons. The lowest BCUT2D eigenvalue weighted by Gasteiger charge is -2.23. The number of hydrogen-bond acceptors (Lipinski definition) is 0. The lowest BCUT2D eigenvalue weighted by atomic mass is 9.82. The second kappa shape index (κ2) is 9.12. The Bertz CT molecular complexity index is 475. The largest absolute Gasteiger partial charge is 0.207 e. The van der Waals surface area contributed by atoms with Gasteiger partial charge >= 0.3 is 0 Å². The average molecular weight is 302 g/mol. The van der Waals surface area contributed by atoms with Gasteiger partial charge in [-0.1, -0.05) is 63.8 Å². The lowest BCUT2D eigenvalue weighted by Crippen LogP contribution is -2.08. The molecule has 0 fully saturated rings. The molecule has 0 amide bonds. The summed E-state index contributed by atoms with van der Waals surface area (Å²) in [5.41, 5.74) is 2.03. The van der Waals surface area contributed by atoms with E-state index in [2.05, 4.69) is 32.1 Å². The zero-order valence-corrected chi connectivity index (χ0v) is 14.3. The molecular weight excluding hydrogens is 271 g/mol. The molecule has 0 aliphatic heterocycles. The number of rotatable bonds is 8. The van der Waals surface area contributed by atoms with Crippen molar-refractivity contribution in [3.05, 3.63) is 47.3 Å². The fraction of sp³-hybridized carbons (Fsp3) is 0.619. The molecule has 0 nitrogen and oxygen atoms in total. The number of benzene rings is 1. The molecule has 1 aliphatic carbocycles. The van der Waals surface area contributed by atoms with E-state index in [1.165, 1.54) is 38.5 Å². The van der Waals surface area contributed by atoms with Gasteiger partial charge in [-0.3, -0.25) is 0 Å². The summed E-state index contributed by atoms with van der Waals surface area (Å²) < 4.78 is 14.2. The Morgan fingerprint density at radius 1 is 1.00 bits per heavy atom. The molecule has 1 heteroatoms. The maximum absolute atomic E-state index is 14.2. The third-order valence-electron chi connectivity index (χ3n) is 4.95. The highest BCUT2D eigenvalue weighted by atomic mass is 19.1. The molecule has 0 saturated heterocycles. The molecule has 0 bridgehead atoms. The van der Waals surface area contributed by atoms with Gasteiger partial charge < -0.3 is 0 Å². The quantitative estimate of drug-likeness (QED) is 0.366. The van der Waals surface area contributed by atoms with E-state index in [0.29, 0.717) is 5.92 Å². The molecule has 0 heterocycles. The number of unbranched alkanes of at least 4 members (excludes halogenated alkanes) is 3. The topological polar surface area (TPSA) is 0 Å². The lowest BCUT2D eigenvalue weighted by molar-refractivity contribution is 0.459. The van der Waals surface area contributed by atoms with Crippen LogP contribution in [0.1, 0.15) is 82.3 Å². The Kier molecular flexibility index (Phi) is 7.15. The van der Waals surface area contributed by atoms with E-state index < -0.39 is 0 Å². The van der Waals surface area contributed by atoms with Gasteiger partial charge in [0, 0.05) is 5.92 Å². The second-order valence-electron chi connectivity index (χ2n) is 6.78. The van der Waals surface area contributed by atoms with E-state index in [1.807, 2.05) is 6.07 Å². The molecule has 2 atom stereocenters. The highest BCUT2D eigenvalue weighted by molar-refractivity contribution is 5.30. The Balaban J connectivity index is 1.92. The van der Waals surface area contributed by atoms with Crippen LogP contribution in [0.3, 0.4) is 0 Å². The SMILES string of the molecule is CCCCCC1C=CC(c2ccc(CCCC)c(F)c2)CC1. The Labute approximate surface area is 135 Å². The summed E-state index contributed by atoms with van der Waals surface area (Å²) in [5, 5.41) is 0. The van der Waals surface area contributed by atoms with Gasteiger partial charge in [-0.15, -0.1) is 0 Å². The summed E-state index contributed by atoms with van der Waals surface area (Å²) in [6.07, 6.45) is 15.5. The van der Waals surface area contributed by atoms with E-state index in [9.17, 15) is 4.39 Å². The van der Waals surface area contributed by atoms with Crippen molar-refractivity contribution < 1.29 is 4.39 Å². The van der Waals surface area contributed by atoms with E-state index in [-0.39, 0.29) is 5.82 Å². The highest BCUT2D eigenvalue weighted by Crippen LogP contribution is 2.33. The van der Waals surface area contributed by atoms with E-state index in [4.69, 9.17) is 0 Å². The van der Waals surface area contributed by atoms with Crippen molar-refractivity contribution >= 4 is 0 Å². The Morgan fingerprint density at radius 2 is 1.82 bits per heavy atom. The average Bonchev–Trinajstić information content (AvgIpc) is 2.54. The fourth-order valence-electron chi connectivity index (χ4n) is 3.42. The summed E-state index contributed by atoms with van der Waals surface area (Å²) in [4.78, 5) is 0. The minimum Gasteiger partial charge on any atom is -0.207 e. The van der Waals surface area contributed by atoms with Crippen LogP contribution in [0, 0.1) is 11.7 Å². The van der Waals surface area contributed by atoms with Gasteiger partial charge in [0.15, 0.2) is 0 Å². The van der Waals surface area contributed by atoms with Crippen molar-refractivity contribution in [2.75, 3.05) is 0 Å². The van der Waals surface area contributed by atoms with Gasteiger partial charge in [-0.25, -0.2) is 4.39 Å². The molecule has 1 aliphatic rings. The molecule has 0 radical (unpaired) electrons. The molecule has 1 aromatic rings. The minimum absolute atomic E-state index is 0.00980. The Morgan fingerprint density at radius 3 is 2.45 bits per heavy atom. The third kappa shape index (κ3) is 4.97. The van der Waals surface area contributed by atoms with Crippen molar-refractivity contribution in [3.63, 3.8) is 0 Å². The van der Waals surface area contributed by atoms with Crippen LogP contribution in [0.25, 0.3) is 0 Å². The highest BCUT2D eigenvalue weighted by Gasteiger charge is 2.18. The zero-order valence-electron chi connectivity index (χ0n) is 14.3. The van der Waals surface area contributed by atoms with Gasteiger partial charge in [0.25, 0.3) is 0 Å². The van der Waals surface area contributed by atoms with Crippen LogP contribution >= 0.6 is 0 Å². The predicted octanol–water partition coefficient (Wildman–Crippen LogP) is 6.80. The summed E-state index contributed by atoms with van der Waals surface area (Å²) in [5.74, 6) is 1.15. The first kappa shape index (κ1) is 17.2. The number of hydrogen-bond donors (Lipinski definition) is 0. The smallest absolute Gasteiger partial charge is 0.126 e. The van der Waals surface area contributed by atoms with Crippen molar-refractivity contribution in [2.24, 2.45) is 5.92 Å². The molecule has 2 unspecified atom stereocenters. The van der Waals surface area contributed by atoms with Crippen LogP contribution in [0.4, 0.5) is 4.39 Å². The van der Waals surface area contributed by atoms with Gasteiger partial charge in [0.2, 0.25) is 0 Å². The van der Waals surface area contributed by atoms with E-state index >= 15 is 0 Å². The van der Waals surface area contributed by atoms with Crippen LogP contribution in [-0.2, 0) is 6.42 Å². The second-order valence-corrected chi connectivity index (χ2v) is 6.78. The fourth-order valence-corrected chi connectivity index (χ4v) is 3.42. The van der Waals surface area contributed by atoms with Crippen molar-refractivity contribution in [3.8, 4) is 0 Å². The van der Waals surface area contributed by atoms with Crippen molar-refractivity contribution in [1.82, 2.24) is 0 Å². The van der Waals surface area contributed by atoms with Crippen LogP contribution in [0.2, 0.25) is 0 Å². The molecule has 0 N–H and O–H groups in total. The van der Waals surface area contributed by atoms with Gasteiger partial charge in [-0.05, 0) is 55.2 Å². The minimum atomic E-state index is -0.00980. The Hall–Kier alpha value is -1.11. The monoisotopic (exact) mass is 302 g/mol. The zero-order chi connectivity index (χ0) is 15.8. The van der Waals surface area contributed by atoms with Gasteiger partial charge in [-0.2, -0.15) is 0 Å².